The van der Waals surface area contributed by atoms with Gasteiger partial charge in [-0.05, 0) is 12.8 Å². The SMILES string of the molecule is CNC1=CN(C2CCOCC2)N(C)C1. The van der Waals surface area contributed by atoms with Crippen molar-refractivity contribution in [3.63, 3.8) is 0 Å². The second-order valence-corrected chi connectivity index (χ2v) is 3.94. The number of nitrogens with zero attached hydrogens (tertiary/aromatic N) is 2. The summed E-state index contributed by atoms with van der Waals surface area (Å²) in [5, 5.41) is 7.82. The summed E-state index contributed by atoms with van der Waals surface area (Å²) in [5.74, 6) is 0. The van der Waals surface area contributed by atoms with Crippen LogP contribution >= 0.6 is 0 Å². The molecule has 4 heteroatoms. The molecule has 14 heavy (non-hydrogen) atoms. The Labute approximate surface area is 85.5 Å². The van der Waals surface area contributed by atoms with Crippen LogP contribution in [0.15, 0.2) is 11.9 Å². The van der Waals surface area contributed by atoms with Crippen molar-refractivity contribution < 1.29 is 4.74 Å². The van der Waals surface area contributed by atoms with Gasteiger partial charge in [0, 0.05) is 45.2 Å². The first-order chi connectivity index (χ1) is 6.81. The van der Waals surface area contributed by atoms with Gasteiger partial charge in [0.25, 0.3) is 0 Å². The van der Waals surface area contributed by atoms with Crippen molar-refractivity contribution >= 4 is 0 Å². The molecule has 0 aliphatic carbocycles. The maximum Gasteiger partial charge on any atom is 0.0591 e. The first kappa shape index (κ1) is 9.80. The van der Waals surface area contributed by atoms with Crippen LogP contribution in [0.5, 0.6) is 0 Å². The van der Waals surface area contributed by atoms with Crippen molar-refractivity contribution in [2.24, 2.45) is 0 Å². The molecular weight excluding hydrogens is 178 g/mol. The van der Waals surface area contributed by atoms with Crippen LogP contribution in [0, 0.1) is 0 Å². The third-order valence-electron chi connectivity index (χ3n) is 2.97. The lowest BCUT2D eigenvalue weighted by molar-refractivity contribution is -0.0237. The normalized spacial score (nSPS) is 25.3. The maximum absolute atomic E-state index is 5.37. The quantitative estimate of drug-likeness (QED) is 0.693. The molecule has 4 nitrogen and oxygen atoms in total. The largest absolute Gasteiger partial charge is 0.389 e. The Hall–Kier alpha value is -0.740. The predicted molar refractivity (Wildman–Crippen MR) is 55.5 cm³/mol. The summed E-state index contributed by atoms with van der Waals surface area (Å²) in [7, 11) is 4.11. The molecule has 0 radical (unpaired) electrons. The van der Waals surface area contributed by atoms with Gasteiger partial charge in [0.15, 0.2) is 0 Å². The lowest BCUT2D eigenvalue weighted by Gasteiger charge is -2.35. The minimum Gasteiger partial charge on any atom is -0.389 e. The van der Waals surface area contributed by atoms with E-state index in [9.17, 15) is 0 Å². The highest BCUT2D eigenvalue weighted by Crippen LogP contribution is 2.21. The second kappa shape index (κ2) is 4.19. The van der Waals surface area contributed by atoms with E-state index in [-0.39, 0.29) is 0 Å². The smallest absolute Gasteiger partial charge is 0.0591 e. The van der Waals surface area contributed by atoms with Gasteiger partial charge in [-0.3, -0.25) is 0 Å². The standard InChI is InChI=1S/C10H19N3O/c1-11-9-7-12(2)13(8-9)10-3-5-14-6-4-10/h8,10-11H,3-7H2,1-2H3. The summed E-state index contributed by atoms with van der Waals surface area (Å²) in [6, 6.07) is 0.625. The van der Waals surface area contributed by atoms with Crippen LogP contribution in [0.25, 0.3) is 0 Å². The molecule has 0 aromatic carbocycles. The summed E-state index contributed by atoms with van der Waals surface area (Å²) in [6.07, 6.45) is 4.49. The first-order valence-electron chi connectivity index (χ1n) is 5.27. The Morgan fingerprint density at radius 2 is 2.14 bits per heavy atom. The van der Waals surface area contributed by atoms with Gasteiger partial charge >= 0.3 is 0 Å². The summed E-state index contributed by atoms with van der Waals surface area (Å²) < 4.78 is 5.37. The van der Waals surface area contributed by atoms with Crippen LogP contribution in [0.4, 0.5) is 0 Å². The van der Waals surface area contributed by atoms with Crippen molar-refractivity contribution in [2.75, 3.05) is 33.9 Å². The Morgan fingerprint density at radius 3 is 2.71 bits per heavy atom. The predicted octanol–water partition coefficient (Wildman–Crippen LogP) is 0.389. The van der Waals surface area contributed by atoms with E-state index in [2.05, 4.69) is 28.6 Å². The molecule has 0 unspecified atom stereocenters. The molecule has 0 aromatic heterocycles. The number of hydrazine groups is 1. The molecule has 0 atom stereocenters. The Morgan fingerprint density at radius 1 is 1.43 bits per heavy atom. The Kier molecular flexibility index (Phi) is 2.93. The molecule has 2 heterocycles. The van der Waals surface area contributed by atoms with E-state index >= 15 is 0 Å². The number of ether oxygens (including phenoxy) is 1. The third kappa shape index (κ3) is 1.86. The van der Waals surface area contributed by atoms with Gasteiger partial charge in [-0.1, -0.05) is 0 Å². The zero-order valence-electron chi connectivity index (χ0n) is 8.99. The number of rotatable bonds is 2. The molecule has 0 saturated carbocycles. The van der Waals surface area contributed by atoms with Crippen LogP contribution in [-0.4, -0.2) is 49.9 Å². The summed E-state index contributed by atoms with van der Waals surface area (Å²) in [5.41, 5.74) is 1.29. The highest BCUT2D eigenvalue weighted by Gasteiger charge is 2.26. The molecule has 1 saturated heterocycles. The zero-order chi connectivity index (χ0) is 9.97. The van der Waals surface area contributed by atoms with Crippen LogP contribution < -0.4 is 5.32 Å². The first-order valence-corrected chi connectivity index (χ1v) is 5.27. The fourth-order valence-corrected chi connectivity index (χ4v) is 2.10. The fraction of sp³-hybridized carbons (Fsp3) is 0.800. The highest BCUT2D eigenvalue weighted by atomic mass is 16.5. The van der Waals surface area contributed by atoms with Crippen LogP contribution in [0.3, 0.4) is 0 Å². The lowest BCUT2D eigenvalue weighted by Crippen LogP contribution is -2.42. The van der Waals surface area contributed by atoms with Crippen LogP contribution in [-0.2, 0) is 4.74 Å². The average molecular weight is 197 g/mol. The minimum absolute atomic E-state index is 0.625. The maximum atomic E-state index is 5.37. The summed E-state index contributed by atoms with van der Waals surface area (Å²) in [4.78, 5) is 0. The number of likely N-dealkylation sites (N-methyl/N-ethyl adjacent to an activating group) is 2. The summed E-state index contributed by atoms with van der Waals surface area (Å²) in [6.45, 7) is 2.79. The van der Waals surface area contributed by atoms with Gasteiger partial charge in [0.05, 0.1) is 6.54 Å². The van der Waals surface area contributed by atoms with Crippen molar-refractivity contribution in [1.29, 1.82) is 0 Å². The van der Waals surface area contributed by atoms with Gasteiger partial charge in [-0.15, -0.1) is 0 Å². The topological polar surface area (TPSA) is 27.7 Å². The van der Waals surface area contributed by atoms with E-state index in [0.717, 1.165) is 32.6 Å². The third-order valence-corrected chi connectivity index (χ3v) is 2.97. The van der Waals surface area contributed by atoms with E-state index in [4.69, 9.17) is 4.74 Å². The lowest BCUT2D eigenvalue weighted by atomic mass is 10.1. The molecule has 1 N–H and O–H groups in total. The summed E-state index contributed by atoms with van der Waals surface area (Å²) >= 11 is 0. The van der Waals surface area contributed by atoms with E-state index in [1.807, 2.05) is 7.05 Å². The van der Waals surface area contributed by atoms with Gasteiger partial charge in [-0.25, -0.2) is 5.01 Å². The van der Waals surface area contributed by atoms with Crippen molar-refractivity contribution in [3.8, 4) is 0 Å². The zero-order valence-corrected chi connectivity index (χ0v) is 8.99. The Balaban J connectivity index is 1.98. The molecule has 2 aliphatic rings. The van der Waals surface area contributed by atoms with Gasteiger partial charge in [0.1, 0.15) is 0 Å². The van der Waals surface area contributed by atoms with Gasteiger partial charge in [0.2, 0.25) is 0 Å². The molecule has 0 bridgehead atoms. The van der Waals surface area contributed by atoms with E-state index in [0.29, 0.717) is 6.04 Å². The van der Waals surface area contributed by atoms with E-state index < -0.39 is 0 Å². The molecule has 0 amide bonds. The highest BCUT2D eigenvalue weighted by molar-refractivity contribution is 5.06. The monoisotopic (exact) mass is 197 g/mol. The van der Waals surface area contributed by atoms with E-state index in [1.165, 1.54) is 5.70 Å². The van der Waals surface area contributed by atoms with Crippen molar-refractivity contribution in [3.05, 3.63) is 11.9 Å². The molecule has 1 fully saturated rings. The molecule has 0 aromatic rings. The second-order valence-electron chi connectivity index (χ2n) is 3.94. The van der Waals surface area contributed by atoms with Crippen molar-refractivity contribution in [1.82, 2.24) is 15.3 Å². The molecular formula is C10H19N3O. The molecule has 80 valence electrons. The molecule has 2 aliphatic heterocycles. The number of nitrogens with one attached hydrogen (secondary N) is 1. The molecule has 0 spiro atoms. The Bertz CT molecular complexity index is 223. The van der Waals surface area contributed by atoms with Crippen molar-refractivity contribution in [2.45, 2.75) is 18.9 Å². The van der Waals surface area contributed by atoms with Gasteiger partial charge in [-0.2, -0.15) is 0 Å². The number of hydrogen-bond donors (Lipinski definition) is 1. The minimum atomic E-state index is 0.625. The van der Waals surface area contributed by atoms with Crippen LogP contribution in [0.1, 0.15) is 12.8 Å². The van der Waals surface area contributed by atoms with Gasteiger partial charge < -0.3 is 15.1 Å². The fourth-order valence-electron chi connectivity index (χ4n) is 2.10. The van der Waals surface area contributed by atoms with E-state index in [1.54, 1.807) is 0 Å². The average Bonchev–Trinajstić information content (AvgIpc) is 2.61. The molecule has 2 rings (SSSR count). The number of hydrogen-bond acceptors (Lipinski definition) is 4. The van der Waals surface area contributed by atoms with Crippen LogP contribution in [0.2, 0.25) is 0 Å².